The van der Waals surface area contributed by atoms with Gasteiger partial charge in [0.1, 0.15) is 5.75 Å². The van der Waals surface area contributed by atoms with E-state index >= 15 is 0 Å². The van der Waals surface area contributed by atoms with Crippen molar-refractivity contribution in [1.82, 2.24) is 4.31 Å². The molecule has 0 aliphatic carbocycles. The Balaban J connectivity index is 1.81. The Kier molecular flexibility index (Phi) is 7.94. The zero-order valence-corrected chi connectivity index (χ0v) is 20.1. The second kappa shape index (κ2) is 10.3. The Labute approximate surface area is 204 Å². The molecule has 0 radical (unpaired) electrons. The van der Waals surface area contributed by atoms with Gasteiger partial charge in [0.25, 0.3) is 0 Å². The van der Waals surface area contributed by atoms with Crippen molar-refractivity contribution in [3.05, 3.63) is 53.1 Å². The summed E-state index contributed by atoms with van der Waals surface area (Å²) in [6.45, 7) is 3.70. The number of hydrogen-bond acceptors (Lipinski definition) is 4. The zero-order chi connectivity index (χ0) is 26.9. The maximum absolute atomic E-state index is 13.1. The molecule has 0 bridgehead atoms. The number of ether oxygens (including phenoxy) is 1. The van der Waals surface area contributed by atoms with Crippen LogP contribution in [0.3, 0.4) is 0 Å². The normalized spacial score (nSPS) is 17.6. The average Bonchev–Trinajstić information content (AvgIpc) is 2.79. The standard InChI is InChI=1S/C23H24F6N2O4S/c1-3-35-20-7-6-19(9-14(20)2)36(33,34)31-8-4-5-15(13-31)21(32)30-18-11-16(22(24,25)26)10-17(12-18)23(27,28)29/h6-7,9-12,15H,3-5,8,13H2,1-2H3,(H,30,32). The maximum atomic E-state index is 13.1. The molecule has 0 aromatic heterocycles. The number of amides is 1. The Morgan fingerprint density at radius 3 is 2.19 bits per heavy atom. The van der Waals surface area contributed by atoms with Gasteiger partial charge in [-0.2, -0.15) is 30.6 Å². The van der Waals surface area contributed by atoms with Gasteiger partial charge in [-0.25, -0.2) is 8.42 Å². The summed E-state index contributed by atoms with van der Waals surface area (Å²) in [6.07, 6.45) is -9.63. The fraction of sp³-hybridized carbons (Fsp3) is 0.435. The number of rotatable bonds is 6. The molecule has 1 aliphatic rings. The molecule has 1 unspecified atom stereocenters. The van der Waals surface area contributed by atoms with Gasteiger partial charge in [-0.1, -0.05) is 0 Å². The van der Waals surface area contributed by atoms with Crippen LogP contribution < -0.4 is 10.1 Å². The van der Waals surface area contributed by atoms with Crippen LogP contribution >= 0.6 is 0 Å². The first-order chi connectivity index (χ1) is 16.6. The highest BCUT2D eigenvalue weighted by Crippen LogP contribution is 2.38. The molecule has 1 atom stereocenters. The van der Waals surface area contributed by atoms with Crippen molar-refractivity contribution in [2.75, 3.05) is 25.0 Å². The number of halogens is 6. The summed E-state index contributed by atoms with van der Waals surface area (Å²) in [4.78, 5) is 12.7. The molecule has 1 N–H and O–H groups in total. The summed E-state index contributed by atoms with van der Waals surface area (Å²) < 4.78 is 111. The Morgan fingerprint density at radius 1 is 1.06 bits per heavy atom. The molecule has 1 heterocycles. The highest BCUT2D eigenvalue weighted by atomic mass is 32.2. The van der Waals surface area contributed by atoms with Gasteiger partial charge in [-0.05, 0) is 68.7 Å². The van der Waals surface area contributed by atoms with Crippen LogP contribution in [0.4, 0.5) is 32.0 Å². The monoisotopic (exact) mass is 538 g/mol. The van der Waals surface area contributed by atoms with Crippen molar-refractivity contribution >= 4 is 21.6 Å². The fourth-order valence-electron chi connectivity index (χ4n) is 3.90. The lowest BCUT2D eigenvalue weighted by atomic mass is 9.98. The van der Waals surface area contributed by atoms with Gasteiger partial charge in [0, 0.05) is 18.8 Å². The molecule has 1 saturated heterocycles. The summed E-state index contributed by atoms with van der Waals surface area (Å²) in [7, 11) is -4.01. The van der Waals surface area contributed by atoms with Gasteiger partial charge < -0.3 is 10.1 Å². The molecule has 36 heavy (non-hydrogen) atoms. The molecular formula is C23H24F6N2O4S. The summed E-state index contributed by atoms with van der Waals surface area (Å²) in [5, 5.41) is 2.10. The number of aryl methyl sites for hydroxylation is 1. The molecule has 1 amide bonds. The average molecular weight is 539 g/mol. The van der Waals surface area contributed by atoms with Crippen molar-refractivity contribution in [2.24, 2.45) is 5.92 Å². The number of hydrogen-bond donors (Lipinski definition) is 1. The van der Waals surface area contributed by atoms with Crippen LogP contribution in [0.2, 0.25) is 0 Å². The highest BCUT2D eigenvalue weighted by Gasteiger charge is 2.38. The van der Waals surface area contributed by atoms with Crippen molar-refractivity contribution in [3.63, 3.8) is 0 Å². The first-order valence-electron chi connectivity index (χ1n) is 11.0. The molecular weight excluding hydrogens is 514 g/mol. The van der Waals surface area contributed by atoms with E-state index < -0.39 is 51.0 Å². The van der Waals surface area contributed by atoms with E-state index in [1.807, 2.05) is 0 Å². The second-order valence-electron chi connectivity index (χ2n) is 8.35. The van der Waals surface area contributed by atoms with Gasteiger partial charge in [0.05, 0.1) is 28.5 Å². The minimum absolute atomic E-state index is 0.0165. The van der Waals surface area contributed by atoms with Crippen molar-refractivity contribution < 1.29 is 44.3 Å². The van der Waals surface area contributed by atoms with Gasteiger partial charge in [0.15, 0.2) is 0 Å². The molecule has 13 heteroatoms. The molecule has 1 fully saturated rings. The maximum Gasteiger partial charge on any atom is 0.416 e. The summed E-state index contributed by atoms with van der Waals surface area (Å²) >= 11 is 0. The number of benzene rings is 2. The first kappa shape index (κ1) is 27.8. The van der Waals surface area contributed by atoms with E-state index in [-0.39, 0.29) is 36.9 Å². The van der Waals surface area contributed by atoms with Crippen LogP contribution in [0.15, 0.2) is 41.3 Å². The van der Waals surface area contributed by atoms with E-state index in [0.717, 1.165) is 4.31 Å². The lowest BCUT2D eigenvalue weighted by molar-refractivity contribution is -0.143. The van der Waals surface area contributed by atoms with E-state index in [9.17, 15) is 39.6 Å². The Hall–Kier alpha value is -2.80. The minimum atomic E-state index is -5.06. The van der Waals surface area contributed by atoms with E-state index in [2.05, 4.69) is 5.32 Å². The Bertz CT molecular complexity index is 1200. The summed E-state index contributed by atoms with van der Waals surface area (Å²) in [6, 6.07) is 5.11. The van der Waals surface area contributed by atoms with E-state index in [1.54, 1.807) is 13.8 Å². The number of nitrogens with zero attached hydrogens (tertiary/aromatic N) is 1. The third-order valence-electron chi connectivity index (χ3n) is 5.69. The summed E-state index contributed by atoms with van der Waals surface area (Å²) in [5.41, 5.74) is -3.21. The van der Waals surface area contributed by atoms with Gasteiger partial charge in [-0.15, -0.1) is 0 Å². The lowest BCUT2D eigenvalue weighted by Crippen LogP contribution is -2.43. The topological polar surface area (TPSA) is 75.7 Å². The van der Waals surface area contributed by atoms with Gasteiger partial charge in [0.2, 0.25) is 15.9 Å². The highest BCUT2D eigenvalue weighted by molar-refractivity contribution is 7.89. The third kappa shape index (κ3) is 6.30. The van der Waals surface area contributed by atoms with Crippen LogP contribution in [0.1, 0.15) is 36.5 Å². The first-order valence-corrected chi connectivity index (χ1v) is 12.4. The Morgan fingerprint density at radius 2 is 1.67 bits per heavy atom. The predicted octanol–water partition coefficient (Wildman–Crippen LogP) is 5.47. The van der Waals surface area contributed by atoms with Gasteiger partial charge in [-0.3, -0.25) is 4.79 Å². The largest absolute Gasteiger partial charge is 0.494 e. The molecule has 3 rings (SSSR count). The smallest absolute Gasteiger partial charge is 0.416 e. The number of piperidine rings is 1. The zero-order valence-electron chi connectivity index (χ0n) is 19.3. The number of anilines is 1. The van der Waals surface area contributed by atoms with Crippen molar-refractivity contribution in [3.8, 4) is 5.75 Å². The molecule has 2 aromatic carbocycles. The fourth-order valence-corrected chi connectivity index (χ4v) is 5.50. The van der Waals surface area contributed by atoms with E-state index in [1.165, 1.54) is 18.2 Å². The van der Waals surface area contributed by atoms with E-state index in [4.69, 9.17) is 4.74 Å². The molecule has 0 saturated carbocycles. The van der Waals surface area contributed by atoms with Crippen molar-refractivity contribution in [2.45, 2.75) is 43.9 Å². The predicted molar refractivity (Wildman–Crippen MR) is 119 cm³/mol. The van der Waals surface area contributed by atoms with Crippen LogP contribution in [0, 0.1) is 12.8 Å². The second-order valence-corrected chi connectivity index (χ2v) is 10.3. The number of carbonyl (C=O) groups excluding carboxylic acids is 1. The third-order valence-corrected chi connectivity index (χ3v) is 7.56. The minimum Gasteiger partial charge on any atom is -0.494 e. The number of nitrogens with one attached hydrogen (secondary N) is 1. The number of alkyl halides is 6. The number of carbonyl (C=O) groups is 1. The van der Waals surface area contributed by atoms with Crippen LogP contribution in [-0.4, -0.2) is 38.3 Å². The molecule has 1 aliphatic heterocycles. The van der Waals surface area contributed by atoms with Crippen molar-refractivity contribution in [1.29, 1.82) is 0 Å². The van der Waals surface area contributed by atoms with Crippen LogP contribution in [-0.2, 0) is 27.2 Å². The van der Waals surface area contributed by atoms with Gasteiger partial charge >= 0.3 is 12.4 Å². The lowest BCUT2D eigenvalue weighted by Gasteiger charge is -2.31. The molecule has 0 spiro atoms. The number of sulfonamides is 1. The molecule has 198 valence electrons. The summed E-state index contributed by atoms with van der Waals surface area (Å²) in [5.74, 6) is -1.32. The van der Waals surface area contributed by atoms with Crippen LogP contribution in [0.5, 0.6) is 5.75 Å². The quantitative estimate of drug-likeness (QED) is 0.495. The molecule has 6 nitrogen and oxygen atoms in total. The SMILES string of the molecule is CCOc1ccc(S(=O)(=O)N2CCCC(C(=O)Nc3cc(C(F)(F)F)cc(C(F)(F)F)c3)C2)cc1C. The molecule has 2 aromatic rings. The van der Waals surface area contributed by atoms with E-state index in [0.29, 0.717) is 30.1 Å². The van der Waals surface area contributed by atoms with Crippen LogP contribution in [0.25, 0.3) is 0 Å².